The monoisotopic (exact) mass is 268 g/mol. The highest BCUT2D eigenvalue weighted by Gasteiger charge is 2.14. The molecule has 0 spiro atoms. The standard InChI is InChI=1S/C14H8F4O/c1-7(19)10-4-8(2-3-11(10)15)9-5-12(16)14(18)13(17)6-9/h2-6H,1H3. The quantitative estimate of drug-likeness (QED) is 0.455. The first-order valence-electron chi connectivity index (χ1n) is 5.35. The smallest absolute Gasteiger partial charge is 0.194 e. The normalized spacial score (nSPS) is 10.6. The van der Waals surface area contributed by atoms with Crippen LogP contribution in [0.1, 0.15) is 17.3 Å². The van der Waals surface area contributed by atoms with Crippen molar-refractivity contribution in [3.05, 3.63) is 59.2 Å². The summed E-state index contributed by atoms with van der Waals surface area (Å²) in [5.41, 5.74) is 0.0611. The fourth-order valence-electron chi connectivity index (χ4n) is 1.70. The Balaban J connectivity index is 2.60. The van der Waals surface area contributed by atoms with Gasteiger partial charge in [-0.2, -0.15) is 0 Å². The number of rotatable bonds is 2. The largest absolute Gasteiger partial charge is 0.294 e. The number of hydrogen-bond acceptors (Lipinski definition) is 1. The van der Waals surface area contributed by atoms with E-state index in [4.69, 9.17) is 0 Å². The fourth-order valence-corrected chi connectivity index (χ4v) is 1.70. The predicted octanol–water partition coefficient (Wildman–Crippen LogP) is 4.11. The number of carbonyl (C=O) groups is 1. The number of carbonyl (C=O) groups excluding carboxylic acids is 1. The molecule has 0 saturated carbocycles. The zero-order chi connectivity index (χ0) is 14.2. The third-order valence-corrected chi connectivity index (χ3v) is 2.66. The van der Waals surface area contributed by atoms with Gasteiger partial charge in [-0.25, -0.2) is 17.6 Å². The number of Topliss-reactive ketones (excluding diaryl/α,β-unsaturated/α-hetero) is 1. The van der Waals surface area contributed by atoms with Crippen LogP contribution >= 0.6 is 0 Å². The molecule has 0 unspecified atom stereocenters. The van der Waals surface area contributed by atoms with Gasteiger partial charge in [-0.15, -0.1) is 0 Å². The molecule has 0 fully saturated rings. The van der Waals surface area contributed by atoms with Gasteiger partial charge in [0.1, 0.15) is 5.82 Å². The molecule has 0 radical (unpaired) electrons. The van der Waals surface area contributed by atoms with E-state index in [0.717, 1.165) is 18.2 Å². The maximum absolute atomic E-state index is 13.3. The second-order valence-electron chi connectivity index (χ2n) is 4.00. The number of benzene rings is 2. The van der Waals surface area contributed by atoms with Crippen molar-refractivity contribution in [2.75, 3.05) is 0 Å². The molecule has 0 aromatic heterocycles. The van der Waals surface area contributed by atoms with Crippen LogP contribution in [0.2, 0.25) is 0 Å². The molecule has 0 heterocycles. The maximum Gasteiger partial charge on any atom is 0.194 e. The van der Waals surface area contributed by atoms with Crippen molar-refractivity contribution >= 4 is 5.78 Å². The van der Waals surface area contributed by atoms with Gasteiger partial charge >= 0.3 is 0 Å². The van der Waals surface area contributed by atoms with Gasteiger partial charge in [-0.3, -0.25) is 4.79 Å². The highest BCUT2D eigenvalue weighted by Crippen LogP contribution is 2.25. The first-order valence-corrected chi connectivity index (χ1v) is 5.35. The molecule has 0 aliphatic heterocycles. The van der Waals surface area contributed by atoms with Gasteiger partial charge in [-0.05, 0) is 42.3 Å². The van der Waals surface area contributed by atoms with Crippen molar-refractivity contribution in [1.29, 1.82) is 0 Å². The summed E-state index contributed by atoms with van der Waals surface area (Å²) >= 11 is 0. The number of hydrogen-bond donors (Lipinski definition) is 0. The average Bonchev–Trinajstić information content (AvgIpc) is 2.35. The predicted molar refractivity (Wildman–Crippen MR) is 61.7 cm³/mol. The van der Waals surface area contributed by atoms with Crippen LogP contribution in [0.3, 0.4) is 0 Å². The molecule has 1 nitrogen and oxygen atoms in total. The van der Waals surface area contributed by atoms with Crippen LogP contribution < -0.4 is 0 Å². The summed E-state index contributed by atoms with van der Waals surface area (Å²) in [4.78, 5) is 11.2. The minimum absolute atomic E-state index is 0.0268. The van der Waals surface area contributed by atoms with E-state index in [2.05, 4.69) is 0 Å². The molecule has 0 atom stereocenters. The molecule has 5 heteroatoms. The van der Waals surface area contributed by atoms with Gasteiger partial charge in [0.15, 0.2) is 23.2 Å². The summed E-state index contributed by atoms with van der Waals surface area (Å²) in [7, 11) is 0. The highest BCUT2D eigenvalue weighted by molar-refractivity contribution is 5.95. The molecule has 98 valence electrons. The lowest BCUT2D eigenvalue weighted by atomic mass is 10.0. The Labute approximate surface area is 106 Å². The molecular formula is C14H8F4O. The van der Waals surface area contributed by atoms with Crippen LogP contribution in [0.5, 0.6) is 0 Å². The van der Waals surface area contributed by atoms with E-state index in [-0.39, 0.29) is 16.7 Å². The highest BCUT2D eigenvalue weighted by atomic mass is 19.2. The van der Waals surface area contributed by atoms with E-state index in [0.29, 0.717) is 0 Å². The van der Waals surface area contributed by atoms with E-state index in [9.17, 15) is 22.4 Å². The van der Waals surface area contributed by atoms with Crippen molar-refractivity contribution in [2.24, 2.45) is 0 Å². The SMILES string of the molecule is CC(=O)c1cc(-c2cc(F)c(F)c(F)c2)ccc1F. The van der Waals surface area contributed by atoms with E-state index in [1.165, 1.54) is 19.1 Å². The molecule has 0 aliphatic rings. The van der Waals surface area contributed by atoms with E-state index >= 15 is 0 Å². The molecule has 19 heavy (non-hydrogen) atoms. The Hall–Kier alpha value is -2.17. The molecule has 0 N–H and O–H groups in total. The lowest BCUT2D eigenvalue weighted by molar-refractivity contribution is 0.101. The summed E-state index contributed by atoms with van der Waals surface area (Å²) in [5, 5.41) is 0. The van der Waals surface area contributed by atoms with Crippen LogP contribution in [0.4, 0.5) is 17.6 Å². The number of halogens is 4. The zero-order valence-corrected chi connectivity index (χ0v) is 9.81. The van der Waals surface area contributed by atoms with Gasteiger partial charge in [0.05, 0.1) is 5.56 Å². The minimum atomic E-state index is -1.57. The topological polar surface area (TPSA) is 17.1 Å². The van der Waals surface area contributed by atoms with Crippen molar-refractivity contribution in [2.45, 2.75) is 6.92 Å². The zero-order valence-electron chi connectivity index (χ0n) is 9.81. The summed E-state index contributed by atoms with van der Waals surface area (Å²) in [6.45, 7) is 1.17. The fraction of sp³-hybridized carbons (Fsp3) is 0.0714. The summed E-state index contributed by atoms with van der Waals surface area (Å²) in [5.74, 6) is -5.49. The van der Waals surface area contributed by atoms with Gasteiger partial charge in [0.2, 0.25) is 0 Å². The third-order valence-electron chi connectivity index (χ3n) is 2.66. The van der Waals surface area contributed by atoms with E-state index in [1.54, 1.807) is 0 Å². The maximum atomic E-state index is 13.3. The Bertz CT molecular complexity index is 641. The second kappa shape index (κ2) is 4.84. The Morgan fingerprint density at radius 1 is 0.842 bits per heavy atom. The lowest BCUT2D eigenvalue weighted by Gasteiger charge is -2.06. The molecule has 0 aliphatic carbocycles. The lowest BCUT2D eigenvalue weighted by Crippen LogP contribution is -1.98. The summed E-state index contributed by atoms with van der Waals surface area (Å²) in [6, 6.07) is 5.02. The second-order valence-corrected chi connectivity index (χ2v) is 4.00. The van der Waals surface area contributed by atoms with Gasteiger partial charge in [0.25, 0.3) is 0 Å². The molecular weight excluding hydrogens is 260 g/mol. The first kappa shape index (κ1) is 13.3. The first-order chi connectivity index (χ1) is 8.90. The Morgan fingerprint density at radius 2 is 1.42 bits per heavy atom. The van der Waals surface area contributed by atoms with Crippen molar-refractivity contribution in [3.8, 4) is 11.1 Å². The van der Waals surface area contributed by atoms with Crippen molar-refractivity contribution in [1.82, 2.24) is 0 Å². The Morgan fingerprint density at radius 3 is 1.95 bits per heavy atom. The van der Waals surface area contributed by atoms with E-state index in [1.807, 2.05) is 0 Å². The van der Waals surface area contributed by atoms with Crippen LogP contribution in [0, 0.1) is 23.3 Å². The molecule has 2 rings (SSSR count). The summed E-state index contributed by atoms with van der Waals surface area (Å²) in [6.07, 6.45) is 0. The molecule has 2 aromatic carbocycles. The van der Waals surface area contributed by atoms with Crippen LogP contribution in [-0.4, -0.2) is 5.78 Å². The molecule has 0 bridgehead atoms. The summed E-state index contributed by atoms with van der Waals surface area (Å²) < 4.78 is 52.4. The number of ketones is 1. The van der Waals surface area contributed by atoms with Crippen LogP contribution in [0.25, 0.3) is 11.1 Å². The Kier molecular flexibility index (Phi) is 3.38. The molecule has 0 saturated heterocycles. The average molecular weight is 268 g/mol. The minimum Gasteiger partial charge on any atom is -0.294 e. The molecule has 2 aromatic rings. The van der Waals surface area contributed by atoms with Gasteiger partial charge in [-0.1, -0.05) is 6.07 Å². The van der Waals surface area contributed by atoms with E-state index < -0.39 is 29.1 Å². The molecule has 0 amide bonds. The van der Waals surface area contributed by atoms with Crippen LogP contribution in [0.15, 0.2) is 30.3 Å². The van der Waals surface area contributed by atoms with Crippen molar-refractivity contribution in [3.63, 3.8) is 0 Å². The van der Waals surface area contributed by atoms with Crippen molar-refractivity contribution < 1.29 is 22.4 Å². The van der Waals surface area contributed by atoms with Gasteiger partial charge < -0.3 is 0 Å². The van der Waals surface area contributed by atoms with Gasteiger partial charge in [0, 0.05) is 0 Å². The third kappa shape index (κ3) is 2.50. The van der Waals surface area contributed by atoms with Crippen LogP contribution in [-0.2, 0) is 0 Å².